The number of hydrogen-bond donors (Lipinski definition) is 2. The van der Waals surface area contributed by atoms with Crippen LogP contribution in [0.3, 0.4) is 0 Å². The van der Waals surface area contributed by atoms with Crippen molar-refractivity contribution < 1.29 is 36.0 Å². The topological polar surface area (TPSA) is 122 Å². The Labute approximate surface area is 238 Å². The fraction of sp³-hybridized carbons (Fsp3) is 0.692. The maximum Gasteiger partial charge on any atom is 0.460 e. The Morgan fingerprint density at radius 1 is 1.02 bits per heavy atom. The van der Waals surface area contributed by atoms with E-state index in [1.807, 2.05) is 0 Å². The molecule has 0 aromatic heterocycles. The minimum absolute atomic E-state index is 0.0163. The molecular weight excluding hydrogens is 565 g/mol. The van der Waals surface area contributed by atoms with E-state index in [2.05, 4.69) is 10.6 Å². The average molecular weight is 604 g/mol. The summed E-state index contributed by atoms with van der Waals surface area (Å²) in [6, 6.07) is 2.19. The third kappa shape index (κ3) is 6.15. The molecular formula is C26H38F3N6O5S+. The number of piperidine rings is 2. The fourth-order valence-electron chi connectivity index (χ4n) is 6.54. The van der Waals surface area contributed by atoms with Crippen molar-refractivity contribution in [1.82, 2.24) is 19.5 Å². The molecule has 4 rings (SSSR count). The van der Waals surface area contributed by atoms with Gasteiger partial charge in [0.2, 0.25) is 15.9 Å². The first-order chi connectivity index (χ1) is 19.3. The fourth-order valence-corrected chi connectivity index (χ4v) is 8.01. The number of urea groups is 1. The van der Waals surface area contributed by atoms with Crippen LogP contribution in [0.2, 0.25) is 0 Å². The van der Waals surface area contributed by atoms with Gasteiger partial charge in [0, 0.05) is 38.9 Å². The highest BCUT2D eigenvalue weighted by atomic mass is 32.2. The summed E-state index contributed by atoms with van der Waals surface area (Å²) >= 11 is 0. The number of carbonyl (C=O) groups excluding carboxylic acids is 2. The second kappa shape index (κ2) is 12.1. The molecule has 4 atom stereocenters. The molecule has 1 aromatic rings. The molecule has 3 amide bonds. The molecule has 1 aromatic carbocycles. The first-order valence-electron chi connectivity index (χ1n) is 14.0. The number of hydrogen-bond acceptors (Lipinski definition) is 5. The van der Waals surface area contributed by atoms with E-state index < -0.39 is 46.1 Å². The van der Waals surface area contributed by atoms with Gasteiger partial charge in [-0.3, -0.25) is 4.79 Å². The molecule has 15 heteroatoms. The first kappa shape index (κ1) is 31.0. The van der Waals surface area contributed by atoms with Crippen LogP contribution in [0.5, 0.6) is 0 Å². The molecule has 4 unspecified atom stereocenters. The predicted octanol–water partition coefficient (Wildman–Crippen LogP) is 3.04. The predicted molar refractivity (Wildman–Crippen MR) is 144 cm³/mol. The van der Waals surface area contributed by atoms with Crippen molar-refractivity contribution in [3.05, 3.63) is 29.2 Å². The lowest BCUT2D eigenvalue weighted by atomic mass is 9.74. The highest BCUT2D eigenvalue weighted by Crippen LogP contribution is 2.46. The Balaban J connectivity index is 1.44. The van der Waals surface area contributed by atoms with Gasteiger partial charge in [-0.25, -0.2) is 13.2 Å². The number of nitrogens with one attached hydrogen (secondary N) is 2. The average Bonchev–Trinajstić information content (AvgIpc) is 3.26. The number of rotatable bonds is 7. The Morgan fingerprint density at radius 2 is 1.61 bits per heavy atom. The lowest BCUT2D eigenvalue weighted by molar-refractivity contribution is -0.735. The van der Waals surface area contributed by atoms with Gasteiger partial charge in [0.1, 0.15) is 16.8 Å². The summed E-state index contributed by atoms with van der Waals surface area (Å²) in [6.07, 6.45) is -3.00. The van der Waals surface area contributed by atoms with Gasteiger partial charge in [-0.1, -0.05) is 0 Å². The van der Waals surface area contributed by atoms with Gasteiger partial charge < -0.3 is 15.5 Å². The first-order valence-corrected chi connectivity index (χ1v) is 15.4. The highest BCUT2D eigenvalue weighted by molar-refractivity contribution is 7.89. The van der Waals surface area contributed by atoms with Gasteiger partial charge in [-0.2, -0.15) is 17.5 Å². The molecule has 0 aliphatic carbocycles. The number of benzene rings is 1. The second-order valence-corrected chi connectivity index (χ2v) is 12.7. The van der Waals surface area contributed by atoms with E-state index >= 15 is 0 Å². The molecule has 3 saturated heterocycles. The summed E-state index contributed by atoms with van der Waals surface area (Å²) < 4.78 is 70.0. The lowest BCUT2D eigenvalue weighted by Crippen LogP contribution is -2.50. The zero-order valence-electron chi connectivity index (χ0n) is 23.4. The number of alkyl halides is 3. The summed E-state index contributed by atoms with van der Waals surface area (Å²) in [6.45, 7) is 4.56. The number of nitroso groups, excluding NO2 is 1. The Kier molecular flexibility index (Phi) is 9.16. The number of fused-ring (bicyclic) bond motifs is 1. The SMILES string of the molecule is CCN(CC)C(=O)C1C2CC(C3CCN(S(=O)(=O)c4ccc(NC(=O)NC)cc4)CC3)CCN2[N+](=O)C1C(F)(F)F. The number of sulfonamides is 1. The van der Waals surface area contributed by atoms with Crippen LogP contribution in [-0.4, -0.2) is 97.5 Å². The van der Waals surface area contributed by atoms with Crippen LogP contribution in [0.4, 0.5) is 23.7 Å². The summed E-state index contributed by atoms with van der Waals surface area (Å²) in [7, 11) is -2.30. The molecule has 11 nitrogen and oxygen atoms in total. The second-order valence-electron chi connectivity index (χ2n) is 10.8. The van der Waals surface area contributed by atoms with Gasteiger partial charge in [-0.05, 0) is 75.6 Å². The van der Waals surface area contributed by atoms with Crippen molar-refractivity contribution in [2.45, 2.75) is 62.7 Å². The van der Waals surface area contributed by atoms with E-state index in [1.54, 1.807) is 13.8 Å². The monoisotopic (exact) mass is 603 g/mol. The van der Waals surface area contributed by atoms with Crippen LogP contribution in [0, 0.1) is 22.7 Å². The molecule has 3 aliphatic heterocycles. The molecule has 2 N–H and O–H groups in total. The normalized spacial score (nSPS) is 26.0. The summed E-state index contributed by atoms with van der Waals surface area (Å²) in [5.74, 6) is -2.11. The standard InChI is InChI=1S/C26H37F3N6O5S/c1-4-32(5-2)24(36)22-21-16-18(12-15-34(21)35(38)23(22)26(27,28)29)17-10-13-33(14-11-17)41(39,40)20-8-6-19(7-9-20)31-25(37)30-3/h6-9,17-18,21-23H,4-5,10-16H2,1-3H3,(H-,30,31,37)/p+1. The van der Waals surface area contributed by atoms with Crippen molar-refractivity contribution in [2.75, 3.05) is 45.1 Å². The maximum absolute atomic E-state index is 14.1. The number of anilines is 1. The molecule has 3 aliphatic rings. The smallest absolute Gasteiger partial charge is 0.343 e. The Morgan fingerprint density at radius 3 is 2.15 bits per heavy atom. The van der Waals surface area contributed by atoms with Crippen LogP contribution in [0.25, 0.3) is 0 Å². The Hall–Kier alpha value is -2.94. The largest absolute Gasteiger partial charge is 0.460 e. The number of hydrazine groups is 1. The maximum atomic E-state index is 14.1. The molecule has 41 heavy (non-hydrogen) atoms. The zero-order chi connectivity index (χ0) is 30.1. The highest BCUT2D eigenvalue weighted by Gasteiger charge is 2.71. The summed E-state index contributed by atoms with van der Waals surface area (Å²) in [5.41, 5.74) is 0.447. The van der Waals surface area contributed by atoms with Crippen molar-refractivity contribution in [3.63, 3.8) is 0 Å². The minimum atomic E-state index is -4.85. The molecule has 0 spiro atoms. The van der Waals surface area contributed by atoms with Crippen LogP contribution in [0.1, 0.15) is 39.5 Å². The molecule has 3 heterocycles. The summed E-state index contributed by atoms with van der Waals surface area (Å²) in [5, 5.41) is 6.17. The van der Waals surface area contributed by atoms with E-state index in [0.717, 1.165) is 0 Å². The van der Waals surface area contributed by atoms with Crippen molar-refractivity contribution >= 4 is 27.6 Å². The molecule has 3 fully saturated rings. The molecule has 0 bridgehead atoms. The van der Waals surface area contributed by atoms with E-state index in [4.69, 9.17) is 0 Å². The van der Waals surface area contributed by atoms with E-state index in [9.17, 15) is 36.1 Å². The number of carbonyl (C=O) groups is 2. The van der Waals surface area contributed by atoms with Crippen LogP contribution < -0.4 is 10.6 Å². The van der Waals surface area contributed by atoms with Gasteiger partial charge >= 0.3 is 18.2 Å². The van der Waals surface area contributed by atoms with Crippen LogP contribution in [0.15, 0.2) is 29.2 Å². The van der Waals surface area contributed by atoms with E-state index in [1.165, 1.54) is 45.5 Å². The van der Waals surface area contributed by atoms with Gasteiger partial charge in [-0.15, -0.1) is 5.01 Å². The number of halogens is 3. The zero-order valence-corrected chi connectivity index (χ0v) is 24.2. The van der Waals surface area contributed by atoms with Crippen molar-refractivity contribution in [1.29, 1.82) is 0 Å². The number of nitrogens with zero attached hydrogens (tertiary/aromatic N) is 4. The third-order valence-electron chi connectivity index (χ3n) is 8.74. The van der Waals surface area contributed by atoms with E-state index in [0.29, 0.717) is 24.9 Å². The van der Waals surface area contributed by atoms with Gasteiger partial charge in [0.15, 0.2) is 0 Å². The molecule has 0 radical (unpaired) electrons. The molecule has 228 valence electrons. The van der Waals surface area contributed by atoms with Crippen molar-refractivity contribution in [3.8, 4) is 0 Å². The summed E-state index contributed by atoms with van der Waals surface area (Å²) in [4.78, 5) is 39.0. The number of amides is 3. The quantitative estimate of drug-likeness (QED) is 0.462. The minimum Gasteiger partial charge on any atom is -0.343 e. The third-order valence-corrected chi connectivity index (χ3v) is 10.7. The molecule has 0 saturated carbocycles. The Bertz CT molecular complexity index is 1230. The van der Waals surface area contributed by atoms with Crippen molar-refractivity contribution in [2.24, 2.45) is 17.8 Å². The van der Waals surface area contributed by atoms with E-state index in [-0.39, 0.29) is 60.7 Å². The van der Waals surface area contributed by atoms with Crippen LogP contribution in [-0.2, 0) is 14.8 Å². The van der Waals surface area contributed by atoms with Gasteiger partial charge in [0.05, 0.1) is 16.3 Å². The van der Waals surface area contributed by atoms with Crippen LogP contribution >= 0.6 is 0 Å². The lowest BCUT2D eigenvalue weighted by Gasteiger charge is -2.40. The van der Waals surface area contributed by atoms with Gasteiger partial charge in [0.25, 0.3) is 0 Å².